The van der Waals surface area contributed by atoms with Crippen LogP contribution in [0.25, 0.3) is 22.8 Å². The van der Waals surface area contributed by atoms with Crippen LogP contribution >= 0.6 is 0 Å². The molecule has 33 heavy (non-hydrogen) atoms. The van der Waals surface area contributed by atoms with Crippen molar-refractivity contribution in [2.24, 2.45) is 5.92 Å². The number of carbonyl (C=O) groups is 1. The van der Waals surface area contributed by atoms with Crippen LogP contribution in [0.1, 0.15) is 20.3 Å². The minimum absolute atomic E-state index is 0.0327. The SMILES string of the molecule is C=C(C)OC1CN(C(=O)Cn2nc(-c3ccc(F)cc3)nc2-c2ccc(F)cc2)CCC1C. The molecular weight excluding hydrogens is 426 g/mol. The zero-order chi connectivity index (χ0) is 23.5. The Morgan fingerprint density at radius 1 is 1.09 bits per heavy atom. The summed E-state index contributed by atoms with van der Waals surface area (Å²) in [6.07, 6.45) is 0.717. The average Bonchev–Trinajstić information content (AvgIpc) is 3.19. The van der Waals surface area contributed by atoms with Gasteiger partial charge < -0.3 is 9.64 Å². The summed E-state index contributed by atoms with van der Waals surface area (Å²) in [4.78, 5) is 19.5. The van der Waals surface area contributed by atoms with Gasteiger partial charge in [-0.15, -0.1) is 5.10 Å². The number of likely N-dealkylation sites (tertiary alicyclic amines) is 1. The minimum atomic E-state index is -0.370. The number of hydrogen-bond donors (Lipinski definition) is 0. The molecule has 2 aromatic carbocycles. The van der Waals surface area contributed by atoms with Gasteiger partial charge in [0.05, 0.1) is 12.3 Å². The lowest BCUT2D eigenvalue weighted by Crippen LogP contribution is -2.47. The number of benzene rings is 2. The van der Waals surface area contributed by atoms with Crippen molar-refractivity contribution in [2.45, 2.75) is 32.9 Å². The first-order valence-corrected chi connectivity index (χ1v) is 10.9. The van der Waals surface area contributed by atoms with E-state index in [-0.39, 0.29) is 30.2 Å². The second-order valence-electron chi connectivity index (χ2n) is 8.39. The molecule has 1 saturated heterocycles. The molecule has 1 aromatic heterocycles. The lowest BCUT2D eigenvalue weighted by molar-refractivity contribution is -0.136. The molecular formula is C25H26F2N4O2. The van der Waals surface area contributed by atoms with Crippen LogP contribution in [0.4, 0.5) is 8.78 Å². The third-order valence-electron chi connectivity index (χ3n) is 5.76. The van der Waals surface area contributed by atoms with Crippen LogP contribution in [0.15, 0.2) is 60.9 Å². The van der Waals surface area contributed by atoms with Gasteiger partial charge >= 0.3 is 0 Å². The molecule has 0 radical (unpaired) electrons. The lowest BCUT2D eigenvalue weighted by Gasteiger charge is -2.37. The molecule has 0 aliphatic carbocycles. The molecule has 3 aromatic rings. The predicted molar refractivity (Wildman–Crippen MR) is 121 cm³/mol. The molecule has 1 aliphatic rings. The number of allylic oxidation sites excluding steroid dienone is 1. The van der Waals surface area contributed by atoms with E-state index in [2.05, 4.69) is 23.6 Å². The van der Waals surface area contributed by atoms with Gasteiger partial charge in [-0.05, 0) is 67.8 Å². The van der Waals surface area contributed by atoms with E-state index < -0.39 is 0 Å². The summed E-state index contributed by atoms with van der Waals surface area (Å²) in [7, 11) is 0. The normalized spacial score (nSPS) is 18.2. The molecule has 0 bridgehead atoms. The number of piperidine rings is 1. The van der Waals surface area contributed by atoms with Crippen LogP contribution in [-0.2, 0) is 16.1 Å². The quantitative estimate of drug-likeness (QED) is 0.510. The van der Waals surface area contributed by atoms with Crippen LogP contribution in [0.3, 0.4) is 0 Å². The number of amides is 1. The number of aromatic nitrogens is 3. The maximum atomic E-state index is 13.5. The van der Waals surface area contributed by atoms with Crippen molar-refractivity contribution < 1.29 is 18.3 Å². The number of halogens is 2. The van der Waals surface area contributed by atoms with E-state index in [1.54, 1.807) is 36.1 Å². The van der Waals surface area contributed by atoms with Gasteiger partial charge in [0.15, 0.2) is 11.6 Å². The molecule has 0 saturated carbocycles. The van der Waals surface area contributed by atoms with Crippen molar-refractivity contribution in [3.8, 4) is 22.8 Å². The first kappa shape index (κ1) is 22.6. The van der Waals surface area contributed by atoms with Crippen LogP contribution < -0.4 is 0 Å². The summed E-state index contributed by atoms with van der Waals surface area (Å²) in [6.45, 7) is 8.78. The standard InChI is InChI=1S/C25H26F2N4O2/c1-16(2)33-22-14-30(13-12-17(22)3)23(32)15-31-25(19-6-10-21(27)11-7-19)28-24(29-31)18-4-8-20(26)9-5-18/h4-11,17,22H,1,12-15H2,2-3H3. The highest BCUT2D eigenvalue weighted by Gasteiger charge is 2.31. The van der Waals surface area contributed by atoms with Gasteiger partial charge in [-0.2, -0.15) is 0 Å². The highest BCUT2D eigenvalue weighted by atomic mass is 19.1. The van der Waals surface area contributed by atoms with Gasteiger partial charge in [-0.3, -0.25) is 4.79 Å². The molecule has 6 nitrogen and oxygen atoms in total. The highest BCUT2D eigenvalue weighted by molar-refractivity contribution is 5.77. The van der Waals surface area contributed by atoms with Gasteiger partial charge in [0, 0.05) is 17.7 Å². The second-order valence-corrected chi connectivity index (χ2v) is 8.39. The molecule has 4 rings (SSSR count). The lowest BCUT2D eigenvalue weighted by atomic mass is 9.95. The van der Waals surface area contributed by atoms with E-state index in [1.807, 2.05) is 0 Å². The number of nitrogens with zero attached hydrogens (tertiary/aromatic N) is 4. The molecule has 1 fully saturated rings. The van der Waals surface area contributed by atoms with Crippen LogP contribution in [0.2, 0.25) is 0 Å². The van der Waals surface area contributed by atoms with Crippen molar-refractivity contribution >= 4 is 5.91 Å². The minimum Gasteiger partial charge on any atom is -0.494 e. The summed E-state index contributed by atoms with van der Waals surface area (Å²) < 4.78 is 34.2. The van der Waals surface area contributed by atoms with E-state index in [1.165, 1.54) is 28.9 Å². The smallest absolute Gasteiger partial charge is 0.244 e. The van der Waals surface area contributed by atoms with E-state index in [4.69, 9.17) is 4.74 Å². The highest BCUT2D eigenvalue weighted by Crippen LogP contribution is 2.25. The van der Waals surface area contributed by atoms with Crippen molar-refractivity contribution in [3.63, 3.8) is 0 Å². The first-order chi connectivity index (χ1) is 15.8. The van der Waals surface area contributed by atoms with Crippen molar-refractivity contribution in [1.82, 2.24) is 19.7 Å². The molecule has 1 amide bonds. The molecule has 2 atom stereocenters. The second kappa shape index (κ2) is 9.52. The van der Waals surface area contributed by atoms with Gasteiger partial charge in [0.1, 0.15) is 24.3 Å². The van der Waals surface area contributed by atoms with Gasteiger partial charge in [0.25, 0.3) is 0 Å². The fraction of sp³-hybridized carbons (Fsp3) is 0.320. The fourth-order valence-electron chi connectivity index (χ4n) is 3.89. The molecule has 2 unspecified atom stereocenters. The van der Waals surface area contributed by atoms with Crippen molar-refractivity contribution in [3.05, 3.63) is 72.5 Å². The Labute approximate surface area is 191 Å². The molecule has 8 heteroatoms. The Morgan fingerprint density at radius 2 is 1.70 bits per heavy atom. The Bertz CT molecular complexity index is 1140. The van der Waals surface area contributed by atoms with E-state index in [9.17, 15) is 13.6 Å². The van der Waals surface area contributed by atoms with Crippen LogP contribution in [0.5, 0.6) is 0 Å². The molecule has 1 aliphatic heterocycles. The maximum absolute atomic E-state index is 13.5. The largest absolute Gasteiger partial charge is 0.494 e. The number of ether oxygens (including phenoxy) is 1. The summed E-state index contributed by atoms with van der Waals surface area (Å²) in [5, 5.41) is 4.52. The summed E-state index contributed by atoms with van der Waals surface area (Å²) in [5.74, 6) is 0.886. The van der Waals surface area contributed by atoms with E-state index in [0.717, 1.165) is 6.42 Å². The third kappa shape index (κ3) is 5.27. The summed E-state index contributed by atoms with van der Waals surface area (Å²) >= 11 is 0. The van der Waals surface area contributed by atoms with Gasteiger partial charge in [-0.1, -0.05) is 13.5 Å². The van der Waals surface area contributed by atoms with Crippen molar-refractivity contribution in [2.75, 3.05) is 13.1 Å². The Balaban J connectivity index is 1.61. The van der Waals surface area contributed by atoms with Crippen molar-refractivity contribution in [1.29, 1.82) is 0 Å². The molecule has 0 N–H and O–H groups in total. The number of carbonyl (C=O) groups excluding carboxylic acids is 1. The average molecular weight is 453 g/mol. The zero-order valence-electron chi connectivity index (χ0n) is 18.7. The maximum Gasteiger partial charge on any atom is 0.244 e. The molecule has 172 valence electrons. The topological polar surface area (TPSA) is 60.2 Å². The fourth-order valence-corrected chi connectivity index (χ4v) is 3.89. The predicted octanol–water partition coefficient (Wildman–Crippen LogP) is 4.68. The number of hydrogen-bond acceptors (Lipinski definition) is 4. The Hall–Kier alpha value is -3.55. The van der Waals surface area contributed by atoms with Crippen LogP contribution in [0, 0.1) is 17.6 Å². The van der Waals surface area contributed by atoms with Crippen LogP contribution in [-0.4, -0.2) is 44.8 Å². The third-order valence-corrected chi connectivity index (χ3v) is 5.76. The Kier molecular flexibility index (Phi) is 6.53. The van der Waals surface area contributed by atoms with E-state index >= 15 is 0 Å². The van der Waals surface area contributed by atoms with Gasteiger partial charge in [0.2, 0.25) is 5.91 Å². The molecule has 2 heterocycles. The Morgan fingerprint density at radius 3 is 2.30 bits per heavy atom. The number of rotatable bonds is 6. The van der Waals surface area contributed by atoms with Gasteiger partial charge in [-0.25, -0.2) is 18.4 Å². The summed E-state index contributed by atoms with van der Waals surface area (Å²) in [6, 6.07) is 11.7. The first-order valence-electron chi connectivity index (χ1n) is 10.9. The summed E-state index contributed by atoms with van der Waals surface area (Å²) in [5.41, 5.74) is 1.24. The zero-order valence-corrected chi connectivity index (χ0v) is 18.7. The monoisotopic (exact) mass is 452 g/mol. The van der Waals surface area contributed by atoms with E-state index in [0.29, 0.717) is 47.5 Å². The molecule has 0 spiro atoms.